The topological polar surface area (TPSA) is 3.88 Å². The van der Waals surface area contributed by atoms with Gasteiger partial charge in [-0.05, 0) is 19.9 Å². The van der Waals surface area contributed by atoms with Crippen LogP contribution in [0.15, 0.2) is 18.3 Å². The van der Waals surface area contributed by atoms with Crippen molar-refractivity contribution in [3.05, 3.63) is 29.6 Å². The first-order chi connectivity index (χ1) is 4.75. The summed E-state index contributed by atoms with van der Waals surface area (Å²) in [6.07, 6.45) is 2.11. The summed E-state index contributed by atoms with van der Waals surface area (Å²) < 4.78 is 2.25. The van der Waals surface area contributed by atoms with Crippen molar-refractivity contribution in [3.63, 3.8) is 0 Å². The number of nitrogens with zero attached hydrogens (tertiary/aromatic N) is 1. The number of rotatable bonds is 1. The summed E-state index contributed by atoms with van der Waals surface area (Å²) >= 11 is 0. The van der Waals surface area contributed by atoms with Gasteiger partial charge in [0.05, 0.1) is 0 Å². The van der Waals surface area contributed by atoms with E-state index in [0.29, 0.717) is 0 Å². The maximum Gasteiger partial charge on any atom is 0.181 e. The zero-order valence-electron chi connectivity index (χ0n) is 7.26. The van der Waals surface area contributed by atoms with Gasteiger partial charge in [-0.15, -0.1) is 0 Å². The minimum Gasteiger partial charge on any atom is -1.00 e. The van der Waals surface area contributed by atoms with E-state index in [4.69, 9.17) is 0 Å². The summed E-state index contributed by atoms with van der Waals surface area (Å²) in [7, 11) is 0. The predicted octanol–water partition coefficient (Wildman–Crippen LogP) is -1.39. The van der Waals surface area contributed by atoms with Gasteiger partial charge in [-0.2, -0.15) is 0 Å². The lowest BCUT2D eigenvalue weighted by atomic mass is 10.2. The number of aromatic nitrogens is 1. The standard InChI is InChI=1S/C9H14N.HI/c1-4-10-7-5-6-8(2)9(10)3;/h5-7H,4H2,1-3H3;1H/q+1;/p-1. The van der Waals surface area contributed by atoms with E-state index in [1.807, 2.05) is 0 Å². The van der Waals surface area contributed by atoms with Crippen LogP contribution in [0.4, 0.5) is 0 Å². The zero-order valence-corrected chi connectivity index (χ0v) is 9.42. The number of aryl methyl sites for hydroxylation is 2. The highest BCUT2D eigenvalue weighted by molar-refractivity contribution is 5.10. The molecule has 62 valence electrons. The van der Waals surface area contributed by atoms with Crippen LogP contribution in [-0.4, -0.2) is 0 Å². The van der Waals surface area contributed by atoms with E-state index in [0.717, 1.165) is 6.54 Å². The molecule has 0 spiro atoms. The quantitative estimate of drug-likeness (QED) is 0.434. The molecule has 0 unspecified atom stereocenters. The van der Waals surface area contributed by atoms with Crippen LogP contribution in [0.2, 0.25) is 0 Å². The number of hydrogen-bond donors (Lipinski definition) is 0. The monoisotopic (exact) mass is 263 g/mol. The summed E-state index contributed by atoms with van der Waals surface area (Å²) in [6.45, 7) is 7.51. The Labute approximate surface area is 85.5 Å². The third-order valence-electron chi connectivity index (χ3n) is 1.95. The average molecular weight is 263 g/mol. The van der Waals surface area contributed by atoms with Gasteiger partial charge in [0.2, 0.25) is 0 Å². The van der Waals surface area contributed by atoms with Crippen molar-refractivity contribution >= 4 is 0 Å². The highest BCUT2D eigenvalue weighted by atomic mass is 127. The maximum absolute atomic E-state index is 2.25. The number of pyridine rings is 1. The van der Waals surface area contributed by atoms with Gasteiger partial charge in [-0.3, -0.25) is 0 Å². The van der Waals surface area contributed by atoms with E-state index in [2.05, 4.69) is 43.7 Å². The van der Waals surface area contributed by atoms with Crippen LogP contribution in [0.3, 0.4) is 0 Å². The van der Waals surface area contributed by atoms with Crippen LogP contribution in [0.1, 0.15) is 18.2 Å². The van der Waals surface area contributed by atoms with Gasteiger partial charge in [0, 0.05) is 18.6 Å². The van der Waals surface area contributed by atoms with Crippen molar-refractivity contribution in [3.8, 4) is 0 Å². The van der Waals surface area contributed by atoms with Crippen molar-refractivity contribution in [1.82, 2.24) is 0 Å². The van der Waals surface area contributed by atoms with Crippen molar-refractivity contribution in [2.24, 2.45) is 0 Å². The Balaban J connectivity index is 0.000001000. The van der Waals surface area contributed by atoms with Gasteiger partial charge in [-0.1, -0.05) is 0 Å². The van der Waals surface area contributed by atoms with E-state index >= 15 is 0 Å². The smallest absolute Gasteiger partial charge is 0.181 e. The van der Waals surface area contributed by atoms with E-state index < -0.39 is 0 Å². The molecule has 11 heavy (non-hydrogen) atoms. The molecule has 0 N–H and O–H groups in total. The Hall–Kier alpha value is -0.120. The molecule has 1 nitrogen and oxygen atoms in total. The third-order valence-corrected chi connectivity index (χ3v) is 1.95. The van der Waals surface area contributed by atoms with Crippen LogP contribution in [0.5, 0.6) is 0 Å². The molecule has 1 aromatic heterocycles. The average Bonchev–Trinajstić information content (AvgIpc) is 1.95. The summed E-state index contributed by atoms with van der Waals surface area (Å²) in [5.41, 5.74) is 2.73. The van der Waals surface area contributed by atoms with E-state index in [9.17, 15) is 0 Å². The fourth-order valence-corrected chi connectivity index (χ4v) is 1.09. The molecule has 0 atom stereocenters. The summed E-state index contributed by atoms with van der Waals surface area (Å²) in [5.74, 6) is 0. The van der Waals surface area contributed by atoms with Crippen molar-refractivity contribution in [1.29, 1.82) is 0 Å². The summed E-state index contributed by atoms with van der Waals surface area (Å²) in [4.78, 5) is 0. The molecule has 0 aromatic carbocycles. The third kappa shape index (κ3) is 2.43. The molecule has 0 aliphatic heterocycles. The van der Waals surface area contributed by atoms with Crippen molar-refractivity contribution in [2.75, 3.05) is 0 Å². The molecule has 0 radical (unpaired) electrons. The molecule has 1 heterocycles. The van der Waals surface area contributed by atoms with Gasteiger partial charge >= 0.3 is 0 Å². The van der Waals surface area contributed by atoms with Crippen LogP contribution in [0.25, 0.3) is 0 Å². The highest BCUT2D eigenvalue weighted by Gasteiger charge is 2.03. The molecule has 2 heteroatoms. The molecule has 0 bridgehead atoms. The zero-order chi connectivity index (χ0) is 7.56. The van der Waals surface area contributed by atoms with Gasteiger partial charge in [-0.25, -0.2) is 4.57 Å². The fourth-order valence-electron chi connectivity index (χ4n) is 1.09. The van der Waals surface area contributed by atoms with Gasteiger partial charge in [0.25, 0.3) is 0 Å². The van der Waals surface area contributed by atoms with E-state index in [-0.39, 0.29) is 24.0 Å². The van der Waals surface area contributed by atoms with Crippen LogP contribution >= 0.6 is 0 Å². The number of hydrogen-bond acceptors (Lipinski definition) is 0. The van der Waals surface area contributed by atoms with Crippen molar-refractivity contribution in [2.45, 2.75) is 27.3 Å². The Morgan fingerprint density at radius 1 is 1.36 bits per heavy atom. The molecule has 0 saturated heterocycles. The molecular weight excluding hydrogens is 249 g/mol. The lowest BCUT2D eigenvalue weighted by Crippen LogP contribution is -3.00. The van der Waals surface area contributed by atoms with Crippen LogP contribution in [0, 0.1) is 13.8 Å². The lowest BCUT2D eigenvalue weighted by Gasteiger charge is -1.97. The first-order valence-corrected chi connectivity index (χ1v) is 3.71. The summed E-state index contributed by atoms with van der Waals surface area (Å²) in [5, 5.41) is 0. The molecule has 0 aliphatic carbocycles. The van der Waals surface area contributed by atoms with Gasteiger partial charge in [0.1, 0.15) is 6.54 Å². The first kappa shape index (κ1) is 10.9. The Morgan fingerprint density at radius 2 is 2.00 bits per heavy atom. The first-order valence-electron chi connectivity index (χ1n) is 3.71. The Bertz CT molecular complexity index is 233. The molecule has 0 aliphatic rings. The van der Waals surface area contributed by atoms with Crippen LogP contribution < -0.4 is 28.5 Å². The lowest BCUT2D eigenvalue weighted by molar-refractivity contribution is -0.699. The van der Waals surface area contributed by atoms with E-state index in [1.165, 1.54) is 11.3 Å². The second kappa shape index (κ2) is 4.70. The molecule has 1 aromatic rings. The SMILES string of the molecule is CC[n+]1cccc(C)c1C.[I-]. The maximum atomic E-state index is 2.25. The largest absolute Gasteiger partial charge is 1.00 e. The minimum atomic E-state index is 0. The second-order valence-electron chi connectivity index (χ2n) is 2.56. The van der Waals surface area contributed by atoms with Gasteiger partial charge < -0.3 is 24.0 Å². The second-order valence-corrected chi connectivity index (χ2v) is 2.56. The highest BCUT2D eigenvalue weighted by Crippen LogP contribution is 1.97. The molecule has 0 saturated carbocycles. The molecule has 0 fully saturated rings. The minimum absolute atomic E-state index is 0. The predicted molar refractivity (Wildman–Crippen MR) is 41.8 cm³/mol. The summed E-state index contributed by atoms with van der Waals surface area (Å²) in [6, 6.07) is 4.23. The Kier molecular flexibility index (Phi) is 4.65. The molecule has 0 amide bonds. The molecule has 1 rings (SSSR count). The van der Waals surface area contributed by atoms with E-state index in [1.54, 1.807) is 0 Å². The normalized spacial score (nSPS) is 9.00. The Morgan fingerprint density at radius 3 is 2.45 bits per heavy atom. The molecular formula is C9H14IN. The van der Waals surface area contributed by atoms with Gasteiger partial charge in [0.15, 0.2) is 11.9 Å². The number of halogens is 1. The van der Waals surface area contributed by atoms with Crippen LogP contribution in [-0.2, 0) is 6.54 Å². The fraction of sp³-hybridized carbons (Fsp3) is 0.444. The van der Waals surface area contributed by atoms with Crippen molar-refractivity contribution < 1.29 is 28.5 Å².